The van der Waals surface area contributed by atoms with Gasteiger partial charge in [-0.05, 0) is 55.0 Å². The van der Waals surface area contributed by atoms with E-state index in [1.807, 2.05) is 25.1 Å². The van der Waals surface area contributed by atoms with Crippen molar-refractivity contribution in [2.24, 2.45) is 0 Å². The molecule has 0 amide bonds. The Hall–Kier alpha value is -0.600. The summed E-state index contributed by atoms with van der Waals surface area (Å²) in [5.41, 5.74) is 3.36. The molecule has 1 unspecified atom stereocenters. The van der Waals surface area contributed by atoms with E-state index >= 15 is 0 Å². The second kappa shape index (κ2) is 4.50. The third kappa shape index (κ3) is 2.32. The molecular weight excluding hydrogens is 252 g/mol. The van der Waals surface area contributed by atoms with E-state index in [1.54, 1.807) is 0 Å². The summed E-state index contributed by atoms with van der Waals surface area (Å²) in [6, 6.07) is 6.04. The van der Waals surface area contributed by atoms with Crippen LogP contribution < -0.4 is 0 Å². The van der Waals surface area contributed by atoms with Crippen molar-refractivity contribution < 1.29 is 5.11 Å². The highest BCUT2D eigenvalue weighted by atomic mass is 79.9. The SMILES string of the molecule is Cc1cc(Br)ccc1C(O)C1=CCCC1. The maximum absolute atomic E-state index is 10.2. The topological polar surface area (TPSA) is 20.2 Å². The van der Waals surface area contributed by atoms with Crippen LogP contribution in [-0.2, 0) is 0 Å². The van der Waals surface area contributed by atoms with Gasteiger partial charge in [0.25, 0.3) is 0 Å². The van der Waals surface area contributed by atoms with E-state index in [9.17, 15) is 5.11 Å². The van der Waals surface area contributed by atoms with Crippen LogP contribution in [0.2, 0.25) is 0 Å². The largest absolute Gasteiger partial charge is 0.384 e. The molecule has 1 atom stereocenters. The molecule has 0 saturated carbocycles. The summed E-state index contributed by atoms with van der Waals surface area (Å²) in [6.07, 6.45) is 5.10. The number of aryl methyl sites for hydroxylation is 1. The van der Waals surface area contributed by atoms with Gasteiger partial charge in [-0.15, -0.1) is 0 Å². The summed E-state index contributed by atoms with van der Waals surface area (Å²) < 4.78 is 1.07. The van der Waals surface area contributed by atoms with Gasteiger partial charge in [-0.25, -0.2) is 0 Å². The van der Waals surface area contributed by atoms with Crippen LogP contribution in [-0.4, -0.2) is 5.11 Å². The van der Waals surface area contributed by atoms with Gasteiger partial charge in [-0.3, -0.25) is 0 Å². The number of aliphatic hydroxyl groups is 1. The summed E-state index contributed by atoms with van der Waals surface area (Å²) in [7, 11) is 0. The average Bonchev–Trinajstić information content (AvgIpc) is 2.69. The van der Waals surface area contributed by atoms with Gasteiger partial charge < -0.3 is 5.11 Å². The molecule has 0 aliphatic heterocycles. The van der Waals surface area contributed by atoms with Crippen molar-refractivity contribution >= 4 is 15.9 Å². The summed E-state index contributed by atoms with van der Waals surface area (Å²) in [4.78, 5) is 0. The standard InChI is InChI=1S/C13H15BrO/c1-9-8-11(14)6-7-12(9)13(15)10-4-2-3-5-10/h4,6-8,13,15H,2-3,5H2,1H3. The van der Waals surface area contributed by atoms with Crippen molar-refractivity contribution in [3.63, 3.8) is 0 Å². The minimum Gasteiger partial charge on any atom is -0.384 e. The number of hydrogen-bond donors (Lipinski definition) is 1. The third-order valence-electron chi connectivity index (χ3n) is 2.95. The van der Waals surface area contributed by atoms with E-state index in [4.69, 9.17) is 0 Å². The fourth-order valence-electron chi connectivity index (χ4n) is 2.09. The van der Waals surface area contributed by atoms with Crippen LogP contribution in [0.25, 0.3) is 0 Å². The highest BCUT2D eigenvalue weighted by molar-refractivity contribution is 9.10. The van der Waals surface area contributed by atoms with E-state index in [0.717, 1.165) is 28.4 Å². The van der Waals surface area contributed by atoms with E-state index in [2.05, 4.69) is 22.0 Å². The van der Waals surface area contributed by atoms with E-state index in [0.29, 0.717) is 0 Å². The van der Waals surface area contributed by atoms with Crippen molar-refractivity contribution in [2.45, 2.75) is 32.3 Å². The number of benzene rings is 1. The Morgan fingerprint density at radius 3 is 2.80 bits per heavy atom. The number of rotatable bonds is 2. The van der Waals surface area contributed by atoms with Crippen LogP contribution >= 0.6 is 15.9 Å². The first kappa shape index (κ1) is 10.9. The molecule has 0 radical (unpaired) electrons. The first-order chi connectivity index (χ1) is 7.18. The zero-order valence-corrected chi connectivity index (χ0v) is 10.4. The molecule has 0 heterocycles. The molecule has 1 aromatic rings. The Morgan fingerprint density at radius 2 is 2.20 bits per heavy atom. The second-order valence-electron chi connectivity index (χ2n) is 4.07. The highest BCUT2D eigenvalue weighted by Crippen LogP contribution is 2.32. The molecule has 1 aliphatic carbocycles. The van der Waals surface area contributed by atoms with Crippen molar-refractivity contribution in [2.75, 3.05) is 0 Å². The van der Waals surface area contributed by atoms with E-state index < -0.39 is 6.10 Å². The molecule has 2 rings (SSSR count). The monoisotopic (exact) mass is 266 g/mol. The van der Waals surface area contributed by atoms with Crippen LogP contribution in [0.15, 0.2) is 34.3 Å². The summed E-state index contributed by atoms with van der Waals surface area (Å²) in [5, 5.41) is 10.2. The molecule has 1 aromatic carbocycles. The van der Waals surface area contributed by atoms with Gasteiger partial charge in [0, 0.05) is 4.47 Å². The molecule has 2 heteroatoms. The Bertz CT molecular complexity index is 396. The molecule has 0 saturated heterocycles. The zero-order chi connectivity index (χ0) is 10.8. The summed E-state index contributed by atoms with van der Waals surface area (Å²) in [5.74, 6) is 0. The van der Waals surface area contributed by atoms with Gasteiger partial charge >= 0.3 is 0 Å². The molecule has 1 nitrogen and oxygen atoms in total. The Balaban J connectivity index is 2.28. The lowest BCUT2D eigenvalue weighted by atomic mass is 9.97. The van der Waals surface area contributed by atoms with Gasteiger partial charge in [0.2, 0.25) is 0 Å². The van der Waals surface area contributed by atoms with Crippen LogP contribution in [0.1, 0.15) is 36.5 Å². The number of hydrogen-bond acceptors (Lipinski definition) is 1. The molecule has 80 valence electrons. The number of allylic oxidation sites excluding steroid dienone is 1. The highest BCUT2D eigenvalue weighted by Gasteiger charge is 2.17. The van der Waals surface area contributed by atoms with Gasteiger partial charge in [-0.1, -0.05) is 28.1 Å². The minimum absolute atomic E-state index is 0.402. The smallest absolute Gasteiger partial charge is 0.100 e. The predicted octanol–water partition coefficient (Wildman–Crippen LogP) is 3.90. The molecule has 15 heavy (non-hydrogen) atoms. The summed E-state index contributed by atoms with van der Waals surface area (Å²) in [6.45, 7) is 2.04. The fraction of sp³-hybridized carbons (Fsp3) is 0.385. The molecule has 0 spiro atoms. The number of halogens is 1. The number of aliphatic hydroxyl groups excluding tert-OH is 1. The molecule has 0 aromatic heterocycles. The maximum Gasteiger partial charge on any atom is 0.100 e. The van der Waals surface area contributed by atoms with Gasteiger partial charge in [-0.2, -0.15) is 0 Å². The van der Waals surface area contributed by atoms with Crippen molar-refractivity contribution in [1.82, 2.24) is 0 Å². The molecule has 1 aliphatic rings. The second-order valence-corrected chi connectivity index (χ2v) is 4.99. The normalized spacial score (nSPS) is 17.7. The zero-order valence-electron chi connectivity index (χ0n) is 8.83. The fourth-order valence-corrected chi connectivity index (χ4v) is 2.57. The van der Waals surface area contributed by atoms with Crippen LogP contribution in [0.5, 0.6) is 0 Å². The Kier molecular flexibility index (Phi) is 3.27. The average molecular weight is 267 g/mol. The van der Waals surface area contributed by atoms with E-state index in [1.165, 1.54) is 12.0 Å². The van der Waals surface area contributed by atoms with Crippen molar-refractivity contribution in [1.29, 1.82) is 0 Å². The van der Waals surface area contributed by atoms with E-state index in [-0.39, 0.29) is 0 Å². The van der Waals surface area contributed by atoms with Gasteiger partial charge in [0.15, 0.2) is 0 Å². The Morgan fingerprint density at radius 1 is 1.40 bits per heavy atom. The quantitative estimate of drug-likeness (QED) is 0.806. The molecule has 1 N–H and O–H groups in total. The lowest BCUT2D eigenvalue weighted by molar-refractivity contribution is 0.212. The van der Waals surface area contributed by atoms with Gasteiger partial charge in [0.05, 0.1) is 0 Å². The predicted molar refractivity (Wildman–Crippen MR) is 65.8 cm³/mol. The first-order valence-electron chi connectivity index (χ1n) is 5.31. The molecule has 0 fully saturated rings. The summed E-state index contributed by atoms with van der Waals surface area (Å²) >= 11 is 3.43. The lowest BCUT2D eigenvalue weighted by Gasteiger charge is -2.15. The molecule has 0 bridgehead atoms. The van der Waals surface area contributed by atoms with Gasteiger partial charge in [0.1, 0.15) is 6.10 Å². The third-order valence-corrected chi connectivity index (χ3v) is 3.45. The van der Waals surface area contributed by atoms with Crippen LogP contribution in [0.3, 0.4) is 0 Å². The lowest BCUT2D eigenvalue weighted by Crippen LogP contribution is -2.02. The minimum atomic E-state index is -0.402. The molecular formula is C13H15BrO. The van der Waals surface area contributed by atoms with Crippen molar-refractivity contribution in [3.05, 3.63) is 45.4 Å². The Labute approximate surface area is 99.0 Å². The van der Waals surface area contributed by atoms with Crippen LogP contribution in [0.4, 0.5) is 0 Å². The maximum atomic E-state index is 10.2. The van der Waals surface area contributed by atoms with Crippen molar-refractivity contribution in [3.8, 4) is 0 Å². The first-order valence-corrected chi connectivity index (χ1v) is 6.11. The van der Waals surface area contributed by atoms with Crippen LogP contribution in [0, 0.1) is 6.92 Å².